The molecule has 7 nitrogen and oxygen atoms in total. The number of carbonyl (C=O) groups is 1. The van der Waals surface area contributed by atoms with Gasteiger partial charge in [0.15, 0.2) is 0 Å². The maximum atomic E-state index is 11.6. The molecular weight excluding hydrogens is 402 g/mol. The summed E-state index contributed by atoms with van der Waals surface area (Å²) >= 11 is 6.28. The van der Waals surface area contributed by atoms with Crippen LogP contribution >= 0.6 is 11.6 Å². The Balaban J connectivity index is 1.54. The van der Waals surface area contributed by atoms with Crippen LogP contribution in [0.1, 0.15) is 65.7 Å². The van der Waals surface area contributed by atoms with Crippen LogP contribution in [0.25, 0.3) is 10.9 Å². The molecule has 0 amide bonds. The van der Waals surface area contributed by atoms with Gasteiger partial charge in [0.25, 0.3) is 0 Å². The molecule has 5 rings (SSSR count). The summed E-state index contributed by atoms with van der Waals surface area (Å²) in [6.45, 7) is 1.93. The van der Waals surface area contributed by atoms with E-state index in [1.165, 1.54) is 0 Å². The number of nitriles is 1. The zero-order valence-electron chi connectivity index (χ0n) is 16.4. The van der Waals surface area contributed by atoms with Gasteiger partial charge < -0.3 is 10.4 Å². The summed E-state index contributed by atoms with van der Waals surface area (Å²) in [6, 6.07) is 7.81. The van der Waals surface area contributed by atoms with Crippen LogP contribution in [-0.4, -0.2) is 26.0 Å². The molecule has 0 aliphatic heterocycles. The molecule has 0 spiro atoms. The fourth-order valence-electron chi connectivity index (χ4n) is 4.46. The number of rotatable bonds is 3. The molecule has 0 bridgehead atoms. The molecule has 2 N–H and O–H groups in total. The highest BCUT2D eigenvalue weighted by Crippen LogP contribution is 2.43. The lowest BCUT2D eigenvalue weighted by Gasteiger charge is -2.28. The topological polar surface area (TPSA) is 104 Å². The Labute approximate surface area is 178 Å². The number of hydrogen-bond donors (Lipinski definition) is 2. The smallest absolute Gasteiger partial charge is 0.432 e. The van der Waals surface area contributed by atoms with Crippen LogP contribution in [0.4, 0.5) is 10.5 Å². The zero-order valence-corrected chi connectivity index (χ0v) is 17.2. The summed E-state index contributed by atoms with van der Waals surface area (Å²) in [4.78, 5) is 16.1. The van der Waals surface area contributed by atoms with Crippen LogP contribution in [0.5, 0.6) is 0 Å². The molecule has 1 atom stereocenters. The van der Waals surface area contributed by atoms with E-state index in [0.717, 1.165) is 70.4 Å². The Hall–Kier alpha value is -3.11. The van der Waals surface area contributed by atoms with Crippen molar-refractivity contribution in [3.8, 4) is 6.07 Å². The number of pyridine rings is 1. The van der Waals surface area contributed by atoms with Crippen molar-refractivity contribution in [3.05, 3.63) is 51.4 Å². The molecule has 2 aliphatic rings. The van der Waals surface area contributed by atoms with Crippen LogP contribution in [0.15, 0.2) is 18.2 Å². The van der Waals surface area contributed by atoms with Gasteiger partial charge in [-0.15, -0.1) is 0 Å². The Morgan fingerprint density at radius 2 is 2.13 bits per heavy atom. The number of carboxylic acid groups (broad SMARTS) is 1. The van der Waals surface area contributed by atoms with E-state index in [9.17, 15) is 15.2 Å². The van der Waals surface area contributed by atoms with Gasteiger partial charge in [0.2, 0.25) is 0 Å². The van der Waals surface area contributed by atoms with Crippen molar-refractivity contribution in [3.63, 3.8) is 0 Å². The Bertz CT molecular complexity index is 1240. The van der Waals surface area contributed by atoms with E-state index < -0.39 is 6.09 Å². The van der Waals surface area contributed by atoms with E-state index >= 15 is 0 Å². The van der Waals surface area contributed by atoms with Crippen molar-refractivity contribution in [1.29, 1.82) is 5.26 Å². The standard InChI is InChI=1S/C22H20ClN5O2/c1-11-14-3-2-4-17(20(14)26-21(23)16(11)10-24)25-13-7-8-18-15(9-13)19(12-5-6-12)27-28(18)22(29)30/h7-9,12,17,25H,2-6H2,1H3,(H,29,30). The normalized spacial score (nSPS) is 18.1. The first-order chi connectivity index (χ1) is 14.5. The molecule has 2 heterocycles. The number of nitrogens with one attached hydrogen (secondary N) is 1. The molecular formula is C22H20ClN5O2. The summed E-state index contributed by atoms with van der Waals surface area (Å²) in [6.07, 6.45) is 3.80. The number of benzene rings is 1. The van der Waals surface area contributed by atoms with Gasteiger partial charge in [-0.25, -0.2) is 9.78 Å². The monoisotopic (exact) mass is 421 g/mol. The summed E-state index contributed by atoms with van der Waals surface area (Å²) < 4.78 is 1.07. The van der Waals surface area contributed by atoms with Gasteiger partial charge in [0.1, 0.15) is 11.2 Å². The van der Waals surface area contributed by atoms with Crippen LogP contribution in [0.2, 0.25) is 5.15 Å². The van der Waals surface area contributed by atoms with Gasteiger partial charge in [-0.3, -0.25) is 0 Å². The van der Waals surface area contributed by atoms with Crippen molar-refractivity contribution >= 4 is 34.3 Å². The summed E-state index contributed by atoms with van der Waals surface area (Å²) in [5.41, 5.74) is 5.71. The molecule has 1 fully saturated rings. The first-order valence-electron chi connectivity index (χ1n) is 10.1. The lowest BCUT2D eigenvalue weighted by molar-refractivity contribution is 0.194. The average Bonchev–Trinajstić information content (AvgIpc) is 3.49. The Kier molecular flexibility index (Phi) is 4.40. The molecule has 0 saturated heterocycles. The van der Waals surface area contributed by atoms with E-state index in [4.69, 9.17) is 11.6 Å². The quantitative estimate of drug-likeness (QED) is 0.566. The van der Waals surface area contributed by atoms with Crippen LogP contribution in [-0.2, 0) is 6.42 Å². The molecule has 1 unspecified atom stereocenters. The fraction of sp³-hybridized carbons (Fsp3) is 0.364. The highest BCUT2D eigenvalue weighted by molar-refractivity contribution is 6.30. The highest BCUT2D eigenvalue weighted by Gasteiger charge is 2.31. The summed E-state index contributed by atoms with van der Waals surface area (Å²) in [7, 11) is 0. The number of fused-ring (bicyclic) bond motifs is 2. The predicted octanol–water partition coefficient (Wildman–Crippen LogP) is 5.16. The summed E-state index contributed by atoms with van der Waals surface area (Å²) in [5, 5.41) is 27.9. The maximum absolute atomic E-state index is 11.6. The maximum Gasteiger partial charge on any atom is 0.432 e. The van der Waals surface area contributed by atoms with Crippen LogP contribution < -0.4 is 5.32 Å². The minimum atomic E-state index is -1.07. The number of hydrogen-bond acceptors (Lipinski definition) is 5. The molecule has 0 radical (unpaired) electrons. The van der Waals surface area contributed by atoms with Crippen molar-refractivity contribution in [2.45, 2.75) is 51.0 Å². The van der Waals surface area contributed by atoms with Crippen molar-refractivity contribution in [2.24, 2.45) is 0 Å². The lowest BCUT2D eigenvalue weighted by atomic mass is 9.87. The minimum absolute atomic E-state index is 0.0194. The number of anilines is 1. The first-order valence-corrected chi connectivity index (χ1v) is 10.5. The van der Waals surface area contributed by atoms with Gasteiger partial charge in [0, 0.05) is 17.0 Å². The van der Waals surface area contributed by atoms with Gasteiger partial charge >= 0.3 is 6.09 Å². The minimum Gasteiger partial charge on any atom is -0.463 e. The molecule has 152 valence electrons. The first kappa shape index (κ1) is 18.9. The molecule has 2 aliphatic carbocycles. The second-order valence-electron chi connectivity index (χ2n) is 8.05. The van der Waals surface area contributed by atoms with E-state index in [0.29, 0.717) is 17.0 Å². The van der Waals surface area contributed by atoms with Gasteiger partial charge in [0.05, 0.1) is 28.5 Å². The van der Waals surface area contributed by atoms with Gasteiger partial charge in [-0.2, -0.15) is 15.0 Å². The average molecular weight is 422 g/mol. The largest absolute Gasteiger partial charge is 0.463 e. The Morgan fingerprint density at radius 3 is 2.83 bits per heavy atom. The number of nitrogens with zero attached hydrogens (tertiary/aromatic N) is 4. The van der Waals surface area contributed by atoms with Crippen LogP contribution in [0.3, 0.4) is 0 Å². The Morgan fingerprint density at radius 1 is 1.33 bits per heavy atom. The second kappa shape index (κ2) is 6.99. The molecule has 1 saturated carbocycles. The van der Waals surface area contributed by atoms with E-state index in [1.807, 2.05) is 19.1 Å². The predicted molar refractivity (Wildman–Crippen MR) is 113 cm³/mol. The second-order valence-corrected chi connectivity index (χ2v) is 8.41. The van der Waals surface area contributed by atoms with Gasteiger partial charge in [-0.05, 0) is 68.4 Å². The third-order valence-corrected chi connectivity index (χ3v) is 6.39. The highest BCUT2D eigenvalue weighted by atomic mass is 35.5. The fourth-order valence-corrected chi connectivity index (χ4v) is 4.73. The van der Waals surface area contributed by atoms with Gasteiger partial charge in [-0.1, -0.05) is 11.6 Å². The van der Waals surface area contributed by atoms with E-state index in [2.05, 4.69) is 21.5 Å². The third-order valence-electron chi connectivity index (χ3n) is 6.12. The molecule has 30 heavy (non-hydrogen) atoms. The third kappa shape index (κ3) is 2.99. The van der Waals surface area contributed by atoms with Crippen molar-refractivity contribution < 1.29 is 9.90 Å². The lowest BCUT2D eigenvalue weighted by Crippen LogP contribution is -2.21. The SMILES string of the molecule is Cc1c(C#N)c(Cl)nc2c1CCCC2Nc1ccc2c(c1)c(C1CC1)nn2C(=O)O. The summed E-state index contributed by atoms with van der Waals surface area (Å²) in [5.74, 6) is 0.339. The molecule has 1 aromatic carbocycles. The van der Waals surface area contributed by atoms with Crippen molar-refractivity contribution in [1.82, 2.24) is 14.8 Å². The van der Waals surface area contributed by atoms with Crippen LogP contribution in [0, 0.1) is 18.3 Å². The molecule has 3 aromatic rings. The number of halogens is 1. The zero-order chi connectivity index (χ0) is 21.0. The van der Waals surface area contributed by atoms with E-state index in [1.54, 1.807) is 6.07 Å². The number of aromatic nitrogens is 3. The molecule has 8 heteroatoms. The van der Waals surface area contributed by atoms with Crippen molar-refractivity contribution in [2.75, 3.05) is 5.32 Å². The molecule has 2 aromatic heterocycles. The van der Waals surface area contributed by atoms with E-state index in [-0.39, 0.29) is 11.2 Å².